The lowest BCUT2D eigenvalue weighted by Gasteiger charge is -2.04. The minimum absolute atomic E-state index is 0.184. The molecule has 0 radical (unpaired) electrons. The molecule has 0 atom stereocenters. The molecule has 0 aliphatic heterocycles. The molecule has 0 amide bonds. The molecule has 0 bridgehead atoms. The van der Waals surface area contributed by atoms with Crippen molar-refractivity contribution in [2.45, 2.75) is 32.1 Å². The van der Waals surface area contributed by atoms with Gasteiger partial charge in [0, 0.05) is 12.8 Å². The summed E-state index contributed by atoms with van der Waals surface area (Å²) < 4.78 is 5.07. The van der Waals surface area contributed by atoms with Gasteiger partial charge in [-0.1, -0.05) is 30.3 Å². The summed E-state index contributed by atoms with van der Waals surface area (Å²) in [6, 6.07) is 10.0. The second-order valence-electron chi connectivity index (χ2n) is 4.37. The van der Waals surface area contributed by atoms with E-state index in [-0.39, 0.29) is 24.6 Å². The van der Waals surface area contributed by atoms with E-state index in [1.165, 1.54) is 5.56 Å². The Labute approximate surface area is 118 Å². The number of nitrogens with zero attached hydrogens (tertiary/aromatic N) is 2. The molecular formula is C15H18N2O3. The van der Waals surface area contributed by atoms with E-state index in [0.29, 0.717) is 13.0 Å². The number of carbonyl (C=O) groups excluding carboxylic acids is 2. The van der Waals surface area contributed by atoms with Gasteiger partial charge >= 0.3 is 12.2 Å². The summed E-state index contributed by atoms with van der Waals surface area (Å²) in [5.74, 6) is -0.601. The SMILES string of the molecule is [N-]=[N+]=CC(=O)CCCC(=O)OCCCc1ccccc1. The van der Waals surface area contributed by atoms with Crippen molar-refractivity contribution in [1.29, 1.82) is 0 Å². The van der Waals surface area contributed by atoms with Crippen LogP contribution in [0.4, 0.5) is 0 Å². The summed E-state index contributed by atoms with van der Waals surface area (Å²) in [6.07, 6.45) is 3.29. The van der Waals surface area contributed by atoms with Gasteiger partial charge in [-0.2, -0.15) is 4.79 Å². The van der Waals surface area contributed by atoms with Crippen LogP contribution in [0.15, 0.2) is 30.3 Å². The summed E-state index contributed by atoms with van der Waals surface area (Å²) in [7, 11) is 0. The summed E-state index contributed by atoms with van der Waals surface area (Å²) in [6.45, 7) is 0.389. The topological polar surface area (TPSA) is 79.8 Å². The highest BCUT2D eigenvalue weighted by Crippen LogP contribution is 2.03. The second kappa shape index (κ2) is 9.64. The van der Waals surface area contributed by atoms with E-state index in [9.17, 15) is 9.59 Å². The summed E-state index contributed by atoms with van der Waals surface area (Å²) in [5.41, 5.74) is 9.36. The average Bonchev–Trinajstić information content (AvgIpc) is 2.45. The molecule has 106 valence electrons. The smallest absolute Gasteiger partial charge is 0.323 e. The Morgan fingerprint density at radius 2 is 1.90 bits per heavy atom. The van der Waals surface area contributed by atoms with E-state index in [1.54, 1.807) is 0 Å². The third kappa shape index (κ3) is 7.24. The number of ketones is 1. The molecule has 0 N–H and O–H groups in total. The van der Waals surface area contributed by atoms with Crippen molar-refractivity contribution in [1.82, 2.24) is 0 Å². The molecule has 0 aromatic heterocycles. The van der Waals surface area contributed by atoms with Crippen molar-refractivity contribution in [3.05, 3.63) is 41.4 Å². The van der Waals surface area contributed by atoms with Gasteiger partial charge in [0.05, 0.1) is 6.61 Å². The van der Waals surface area contributed by atoms with Crippen molar-refractivity contribution in [2.75, 3.05) is 6.61 Å². The minimum atomic E-state index is -0.302. The van der Waals surface area contributed by atoms with Crippen LogP contribution in [0.5, 0.6) is 0 Å². The Morgan fingerprint density at radius 3 is 2.60 bits per heavy atom. The van der Waals surface area contributed by atoms with Crippen LogP contribution in [0.3, 0.4) is 0 Å². The van der Waals surface area contributed by atoms with Crippen LogP contribution in [0.25, 0.3) is 5.53 Å². The maximum absolute atomic E-state index is 11.4. The van der Waals surface area contributed by atoms with Crippen molar-refractivity contribution in [3.8, 4) is 0 Å². The lowest BCUT2D eigenvalue weighted by atomic mass is 10.1. The first-order chi connectivity index (χ1) is 9.72. The molecule has 1 rings (SSSR count). The minimum Gasteiger partial charge on any atom is -0.466 e. The van der Waals surface area contributed by atoms with Crippen LogP contribution in [0, 0.1) is 0 Å². The number of benzene rings is 1. The maximum atomic E-state index is 11.4. The molecule has 0 unspecified atom stereocenters. The van der Waals surface area contributed by atoms with Crippen molar-refractivity contribution < 1.29 is 19.1 Å². The number of esters is 1. The Morgan fingerprint density at radius 1 is 1.15 bits per heavy atom. The van der Waals surface area contributed by atoms with Gasteiger partial charge in [-0.3, -0.25) is 9.59 Å². The number of aryl methyl sites for hydroxylation is 1. The number of ether oxygens (including phenoxy) is 1. The van der Waals surface area contributed by atoms with Crippen LogP contribution >= 0.6 is 0 Å². The van der Waals surface area contributed by atoms with Gasteiger partial charge in [0.15, 0.2) is 0 Å². The number of hydrogen-bond donors (Lipinski definition) is 0. The monoisotopic (exact) mass is 274 g/mol. The van der Waals surface area contributed by atoms with E-state index in [0.717, 1.165) is 19.1 Å². The fraction of sp³-hybridized carbons (Fsp3) is 0.400. The largest absolute Gasteiger partial charge is 0.466 e. The van der Waals surface area contributed by atoms with Crippen LogP contribution in [0.1, 0.15) is 31.2 Å². The average molecular weight is 274 g/mol. The van der Waals surface area contributed by atoms with Crippen LogP contribution in [-0.2, 0) is 20.7 Å². The molecular weight excluding hydrogens is 256 g/mol. The van der Waals surface area contributed by atoms with Gasteiger partial charge < -0.3 is 10.3 Å². The molecule has 1 aromatic rings. The zero-order chi connectivity index (χ0) is 14.6. The zero-order valence-electron chi connectivity index (χ0n) is 11.3. The van der Waals surface area contributed by atoms with Crippen LogP contribution < -0.4 is 0 Å². The fourth-order valence-corrected chi connectivity index (χ4v) is 1.72. The Kier molecular flexibility index (Phi) is 7.62. The molecule has 5 heteroatoms. The molecule has 5 nitrogen and oxygen atoms in total. The summed E-state index contributed by atoms with van der Waals surface area (Å²) >= 11 is 0. The van der Waals surface area contributed by atoms with Gasteiger partial charge in [-0.05, 0) is 24.8 Å². The molecule has 0 saturated heterocycles. The highest BCUT2D eigenvalue weighted by atomic mass is 16.5. The van der Waals surface area contributed by atoms with Crippen molar-refractivity contribution in [3.63, 3.8) is 0 Å². The molecule has 1 aromatic carbocycles. The first-order valence-electron chi connectivity index (χ1n) is 6.62. The van der Waals surface area contributed by atoms with Gasteiger partial charge in [0.25, 0.3) is 0 Å². The van der Waals surface area contributed by atoms with Gasteiger partial charge in [0.2, 0.25) is 5.78 Å². The molecule has 0 spiro atoms. The van der Waals surface area contributed by atoms with Crippen molar-refractivity contribution in [2.24, 2.45) is 0 Å². The van der Waals surface area contributed by atoms with E-state index in [2.05, 4.69) is 4.79 Å². The summed E-state index contributed by atoms with van der Waals surface area (Å²) in [4.78, 5) is 25.0. The molecule has 0 aliphatic carbocycles. The maximum Gasteiger partial charge on any atom is 0.323 e. The number of hydrogen-bond acceptors (Lipinski definition) is 3. The number of Topliss-reactive ketones (excluding diaryl/α,β-unsaturated/α-hetero) is 1. The Hall–Kier alpha value is -2.26. The fourth-order valence-electron chi connectivity index (χ4n) is 1.72. The lowest BCUT2D eigenvalue weighted by Crippen LogP contribution is -2.08. The first kappa shape index (κ1) is 15.8. The zero-order valence-corrected chi connectivity index (χ0v) is 11.3. The molecule has 20 heavy (non-hydrogen) atoms. The van der Waals surface area contributed by atoms with Crippen molar-refractivity contribution >= 4 is 18.0 Å². The first-order valence-corrected chi connectivity index (χ1v) is 6.62. The number of carbonyl (C=O) groups is 2. The van der Waals surface area contributed by atoms with E-state index in [1.807, 2.05) is 30.3 Å². The number of rotatable bonds is 9. The standard InChI is InChI=1S/C15H18N2O3/c16-17-12-14(18)9-4-10-15(19)20-11-5-8-13-6-2-1-3-7-13/h1-3,6-7,12H,4-5,8-11H2. The van der Waals surface area contributed by atoms with E-state index >= 15 is 0 Å². The third-order valence-corrected chi connectivity index (χ3v) is 2.72. The normalized spacial score (nSPS) is 9.60. The molecule has 0 saturated carbocycles. The van der Waals surface area contributed by atoms with Gasteiger partial charge in [-0.25, -0.2) is 0 Å². The highest BCUT2D eigenvalue weighted by molar-refractivity contribution is 6.25. The third-order valence-electron chi connectivity index (χ3n) is 2.72. The van der Waals surface area contributed by atoms with E-state index in [4.69, 9.17) is 10.3 Å². The predicted molar refractivity (Wildman–Crippen MR) is 74.3 cm³/mol. The quantitative estimate of drug-likeness (QED) is 0.228. The van der Waals surface area contributed by atoms with Crippen LogP contribution in [-0.4, -0.2) is 29.4 Å². The second-order valence-corrected chi connectivity index (χ2v) is 4.37. The lowest BCUT2D eigenvalue weighted by molar-refractivity contribution is -0.143. The van der Waals surface area contributed by atoms with Gasteiger partial charge in [-0.15, -0.1) is 0 Å². The molecule has 0 fully saturated rings. The summed E-state index contributed by atoms with van der Waals surface area (Å²) in [5, 5.41) is 0. The highest BCUT2D eigenvalue weighted by Gasteiger charge is 2.07. The molecule has 0 aliphatic rings. The van der Waals surface area contributed by atoms with Gasteiger partial charge in [0.1, 0.15) is 0 Å². The van der Waals surface area contributed by atoms with Crippen LogP contribution in [0.2, 0.25) is 0 Å². The Balaban J connectivity index is 2.06. The predicted octanol–water partition coefficient (Wildman–Crippen LogP) is 2.20. The Bertz CT molecular complexity index is 479. The van der Waals surface area contributed by atoms with E-state index < -0.39 is 0 Å². The molecule has 0 heterocycles.